The van der Waals surface area contributed by atoms with Gasteiger partial charge in [0.05, 0.1) is 18.8 Å². The number of esters is 1. The van der Waals surface area contributed by atoms with Gasteiger partial charge in [0.1, 0.15) is 17.2 Å². The maximum Gasteiger partial charge on any atom is 0.343 e. The van der Waals surface area contributed by atoms with E-state index in [1.54, 1.807) is 24.3 Å². The Morgan fingerprint density at radius 3 is 2.09 bits per heavy atom. The highest BCUT2D eigenvalue weighted by Gasteiger charge is 2.21. The lowest BCUT2D eigenvalue weighted by Crippen LogP contribution is -2.20. The van der Waals surface area contributed by atoms with Crippen LogP contribution in [0.2, 0.25) is 0 Å². The van der Waals surface area contributed by atoms with Gasteiger partial charge >= 0.3 is 5.97 Å². The molecule has 0 amide bonds. The molecule has 0 bridgehead atoms. The molecule has 0 heterocycles. The maximum atomic E-state index is 12.5. The minimum absolute atomic E-state index is 0.374. The predicted octanol–water partition coefficient (Wildman–Crippen LogP) is 8.10. The number of ether oxygens (including phenoxy) is 3. The summed E-state index contributed by atoms with van der Waals surface area (Å²) in [7, 11) is 0. The minimum atomic E-state index is -0.374. The van der Waals surface area contributed by atoms with Gasteiger partial charge in [-0.15, -0.1) is 0 Å². The normalized spacial score (nSPS) is 18.8. The Morgan fingerprint density at radius 2 is 1.44 bits per heavy atom. The highest BCUT2D eigenvalue weighted by molar-refractivity contribution is 5.91. The summed E-state index contributed by atoms with van der Waals surface area (Å²) in [4.78, 5) is 12.5. The average molecular weight is 467 g/mol. The van der Waals surface area contributed by atoms with Crippen LogP contribution in [0.3, 0.4) is 0 Å². The van der Waals surface area contributed by atoms with Crippen molar-refractivity contribution in [2.45, 2.75) is 78.6 Å². The van der Waals surface area contributed by atoms with Gasteiger partial charge in [0.25, 0.3) is 0 Å². The Labute approximate surface area is 206 Å². The molecule has 0 aliphatic heterocycles. The van der Waals surface area contributed by atoms with Gasteiger partial charge in [-0.25, -0.2) is 4.79 Å². The Balaban J connectivity index is 1.38. The van der Waals surface area contributed by atoms with Crippen LogP contribution in [0.1, 0.15) is 88.9 Å². The van der Waals surface area contributed by atoms with Crippen molar-refractivity contribution in [1.82, 2.24) is 0 Å². The summed E-state index contributed by atoms with van der Waals surface area (Å²) >= 11 is 0. The Morgan fingerprint density at radius 1 is 0.853 bits per heavy atom. The highest BCUT2D eigenvalue weighted by atomic mass is 16.5. The molecule has 2 aromatic rings. The number of hydrogen-bond acceptors (Lipinski definition) is 4. The Kier molecular flexibility index (Phi) is 10.8. The third-order valence-corrected chi connectivity index (χ3v) is 7.08. The van der Waals surface area contributed by atoms with Crippen molar-refractivity contribution in [2.24, 2.45) is 17.8 Å². The second-order valence-corrected chi connectivity index (χ2v) is 9.88. The van der Waals surface area contributed by atoms with Crippen molar-refractivity contribution in [1.29, 1.82) is 0 Å². The second-order valence-electron chi connectivity index (χ2n) is 9.88. The van der Waals surface area contributed by atoms with Crippen molar-refractivity contribution in [3.63, 3.8) is 0 Å². The zero-order chi connectivity index (χ0) is 24.2. The van der Waals surface area contributed by atoms with Crippen LogP contribution in [-0.2, 0) is 0 Å². The van der Waals surface area contributed by atoms with Gasteiger partial charge < -0.3 is 14.2 Å². The molecule has 3 rings (SSSR count). The van der Waals surface area contributed by atoms with Crippen LogP contribution in [0.15, 0.2) is 48.5 Å². The summed E-state index contributed by atoms with van der Waals surface area (Å²) in [6.45, 7) is 8.22. The standard InChI is InChI=1S/C30H42O4/c1-4-7-24-9-11-25(12-10-24)22-33-28-17-19-29(20-18-28)34-30(31)26-13-15-27(16-14-26)32-21-6-8-23(3)5-2/h13-20,23-25H,4-12,21-22H2,1-3H3/t23-,24?,25?/m0/s1. The smallest absolute Gasteiger partial charge is 0.343 e. The van der Waals surface area contributed by atoms with E-state index in [-0.39, 0.29) is 5.97 Å². The first-order valence-corrected chi connectivity index (χ1v) is 13.2. The fraction of sp³-hybridized carbons (Fsp3) is 0.567. The maximum absolute atomic E-state index is 12.5. The molecule has 0 spiro atoms. The van der Waals surface area contributed by atoms with Crippen LogP contribution in [0.4, 0.5) is 0 Å². The van der Waals surface area contributed by atoms with Crippen molar-refractivity contribution in [3.8, 4) is 17.2 Å². The lowest BCUT2D eigenvalue weighted by atomic mass is 9.80. The summed E-state index contributed by atoms with van der Waals surface area (Å²) < 4.78 is 17.3. The molecule has 34 heavy (non-hydrogen) atoms. The molecule has 1 atom stereocenters. The van der Waals surface area contributed by atoms with Gasteiger partial charge in [0.2, 0.25) is 0 Å². The summed E-state index contributed by atoms with van der Waals surface area (Å²) in [6, 6.07) is 14.5. The molecular formula is C30H42O4. The zero-order valence-corrected chi connectivity index (χ0v) is 21.3. The zero-order valence-electron chi connectivity index (χ0n) is 21.3. The first kappa shape index (κ1) is 26.1. The van der Waals surface area contributed by atoms with E-state index in [2.05, 4.69) is 20.8 Å². The molecule has 2 aromatic carbocycles. The van der Waals surface area contributed by atoms with Gasteiger partial charge in [0, 0.05) is 0 Å². The molecule has 0 N–H and O–H groups in total. The lowest BCUT2D eigenvalue weighted by molar-refractivity contribution is 0.0734. The first-order chi connectivity index (χ1) is 16.6. The van der Waals surface area contributed by atoms with Crippen LogP contribution in [-0.4, -0.2) is 19.2 Å². The van der Waals surface area contributed by atoms with E-state index in [9.17, 15) is 4.79 Å². The van der Waals surface area contributed by atoms with Crippen LogP contribution < -0.4 is 14.2 Å². The molecule has 1 aliphatic rings. The molecule has 0 unspecified atom stereocenters. The average Bonchev–Trinajstić information content (AvgIpc) is 2.87. The molecule has 0 saturated heterocycles. The molecular weight excluding hydrogens is 424 g/mol. The summed E-state index contributed by atoms with van der Waals surface area (Å²) in [5, 5.41) is 0. The van der Waals surface area contributed by atoms with E-state index >= 15 is 0 Å². The number of hydrogen-bond donors (Lipinski definition) is 0. The largest absolute Gasteiger partial charge is 0.494 e. The summed E-state index contributed by atoms with van der Waals surface area (Å²) in [6.07, 6.45) is 11.3. The molecule has 1 fully saturated rings. The van der Waals surface area contributed by atoms with Crippen LogP contribution in [0, 0.1) is 17.8 Å². The molecule has 186 valence electrons. The quantitative estimate of drug-likeness (QED) is 0.170. The number of carbonyl (C=O) groups is 1. The third-order valence-electron chi connectivity index (χ3n) is 7.08. The van der Waals surface area contributed by atoms with Gasteiger partial charge in [-0.05, 0) is 92.0 Å². The topological polar surface area (TPSA) is 44.8 Å². The first-order valence-electron chi connectivity index (χ1n) is 13.2. The van der Waals surface area contributed by atoms with E-state index in [4.69, 9.17) is 14.2 Å². The van der Waals surface area contributed by atoms with E-state index in [1.165, 1.54) is 51.4 Å². The van der Waals surface area contributed by atoms with E-state index in [1.807, 2.05) is 24.3 Å². The van der Waals surface area contributed by atoms with E-state index in [0.29, 0.717) is 23.8 Å². The fourth-order valence-electron chi connectivity index (χ4n) is 4.59. The summed E-state index contributed by atoms with van der Waals surface area (Å²) in [5.41, 5.74) is 0.506. The molecule has 4 nitrogen and oxygen atoms in total. The lowest BCUT2D eigenvalue weighted by Gasteiger charge is -2.28. The van der Waals surface area contributed by atoms with Crippen molar-refractivity contribution >= 4 is 5.97 Å². The van der Waals surface area contributed by atoms with Crippen molar-refractivity contribution in [3.05, 3.63) is 54.1 Å². The van der Waals surface area contributed by atoms with Crippen molar-refractivity contribution in [2.75, 3.05) is 13.2 Å². The monoisotopic (exact) mass is 466 g/mol. The van der Waals surface area contributed by atoms with Gasteiger partial charge in [-0.3, -0.25) is 0 Å². The van der Waals surface area contributed by atoms with Gasteiger partial charge in [-0.1, -0.05) is 52.9 Å². The predicted molar refractivity (Wildman–Crippen MR) is 138 cm³/mol. The molecule has 0 aromatic heterocycles. The number of carbonyl (C=O) groups excluding carboxylic acids is 1. The van der Waals surface area contributed by atoms with Crippen molar-refractivity contribution < 1.29 is 19.0 Å². The molecule has 1 saturated carbocycles. The molecule has 0 radical (unpaired) electrons. The van der Waals surface area contributed by atoms with Gasteiger partial charge in [0.15, 0.2) is 0 Å². The number of benzene rings is 2. The van der Waals surface area contributed by atoms with E-state index < -0.39 is 0 Å². The Bertz CT molecular complexity index is 835. The molecule has 1 aliphatic carbocycles. The fourth-order valence-corrected chi connectivity index (χ4v) is 4.59. The third kappa shape index (κ3) is 8.70. The second kappa shape index (κ2) is 14.0. The summed E-state index contributed by atoms with van der Waals surface area (Å²) in [5.74, 6) is 4.04. The number of rotatable bonds is 13. The highest BCUT2D eigenvalue weighted by Crippen LogP contribution is 2.32. The van der Waals surface area contributed by atoms with Crippen LogP contribution in [0.25, 0.3) is 0 Å². The SMILES string of the molecule is CCCC1CCC(COc2ccc(OC(=O)c3ccc(OCCC[C@@H](C)CC)cc3)cc2)CC1. The minimum Gasteiger partial charge on any atom is -0.494 e. The van der Waals surface area contributed by atoms with E-state index in [0.717, 1.165) is 36.4 Å². The molecule has 4 heteroatoms. The van der Waals surface area contributed by atoms with Crippen LogP contribution in [0.5, 0.6) is 17.2 Å². The Hall–Kier alpha value is -2.49. The van der Waals surface area contributed by atoms with Crippen LogP contribution >= 0.6 is 0 Å². The van der Waals surface area contributed by atoms with Gasteiger partial charge in [-0.2, -0.15) is 0 Å².